The van der Waals surface area contributed by atoms with Crippen molar-refractivity contribution >= 4 is 29.1 Å². The summed E-state index contributed by atoms with van der Waals surface area (Å²) >= 11 is 11.6. The molecule has 0 saturated heterocycles. The molecule has 4 nitrogen and oxygen atoms in total. The van der Waals surface area contributed by atoms with E-state index in [0.29, 0.717) is 15.8 Å². The SMILES string of the molecule is CNNC(=O)CCOc1ccc(Cl)cc1Cl. The third kappa shape index (κ3) is 4.26. The average molecular weight is 263 g/mol. The maximum Gasteiger partial charge on any atom is 0.237 e. The molecule has 0 fully saturated rings. The Bertz CT molecular complexity index is 372. The van der Waals surface area contributed by atoms with Crippen molar-refractivity contribution in [3.8, 4) is 5.75 Å². The molecule has 0 aliphatic rings. The van der Waals surface area contributed by atoms with Crippen molar-refractivity contribution in [1.82, 2.24) is 10.9 Å². The van der Waals surface area contributed by atoms with Gasteiger partial charge >= 0.3 is 0 Å². The van der Waals surface area contributed by atoms with Gasteiger partial charge in [0, 0.05) is 12.1 Å². The summed E-state index contributed by atoms with van der Waals surface area (Å²) in [6, 6.07) is 4.93. The van der Waals surface area contributed by atoms with Crippen LogP contribution in [-0.4, -0.2) is 19.6 Å². The lowest BCUT2D eigenvalue weighted by molar-refractivity contribution is -0.122. The third-order valence-electron chi connectivity index (χ3n) is 1.75. The van der Waals surface area contributed by atoms with Crippen LogP contribution in [-0.2, 0) is 4.79 Å². The molecule has 1 aromatic carbocycles. The van der Waals surface area contributed by atoms with Gasteiger partial charge in [0.2, 0.25) is 5.91 Å². The summed E-state index contributed by atoms with van der Waals surface area (Å²) in [5.74, 6) is 0.371. The van der Waals surface area contributed by atoms with Crippen LogP contribution >= 0.6 is 23.2 Å². The van der Waals surface area contributed by atoms with Gasteiger partial charge in [-0.15, -0.1) is 0 Å². The maximum absolute atomic E-state index is 11.1. The summed E-state index contributed by atoms with van der Waals surface area (Å²) < 4.78 is 5.33. The van der Waals surface area contributed by atoms with E-state index in [0.717, 1.165) is 0 Å². The van der Waals surface area contributed by atoms with Crippen molar-refractivity contribution in [2.24, 2.45) is 0 Å². The molecule has 0 unspecified atom stereocenters. The number of rotatable bonds is 5. The minimum atomic E-state index is -0.146. The number of benzene rings is 1. The Kier molecular flexibility index (Phi) is 5.38. The van der Waals surface area contributed by atoms with E-state index in [9.17, 15) is 4.79 Å². The van der Waals surface area contributed by atoms with Gasteiger partial charge in [0.15, 0.2) is 0 Å². The first-order chi connectivity index (χ1) is 7.63. The summed E-state index contributed by atoms with van der Waals surface area (Å²) in [4.78, 5) is 11.1. The normalized spacial score (nSPS) is 9.94. The van der Waals surface area contributed by atoms with E-state index in [1.165, 1.54) is 0 Å². The zero-order chi connectivity index (χ0) is 12.0. The molecule has 0 aromatic heterocycles. The Hall–Kier alpha value is -0.970. The van der Waals surface area contributed by atoms with Crippen molar-refractivity contribution in [2.45, 2.75) is 6.42 Å². The quantitative estimate of drug-likeness (QED) is 0.799. The molecule has 88 valence electrons. The second-order valence-corrected chi connectivity index (χ2v) is 3.82. The Morgan fingerprint density at radius 1 is 1.44 bits per heavy atom. The van der Waals surface area contributed by atoms with Gasteiger partial charge in [0.05, 0.1) is 18.1 Å². The Morgan fingerprint density at radius 3 is 2.81 bits per heavy atom. The first-order valence-corrected chi connectivity index (χ1v) is 5.42. The maximum atomic E-state index is 11.1. The topological polar surface area (TPSA) is 50.4 Å². The molecule has 6 heteroatoms. The minimum Gasteiger partial charge on any atom is -0.491 e. The number of halogens is 2. The van der Waals surface area contributed by atoms with E-state index in [1.54, 1.807) is 25.2 Å². The van der Waals surface area contributed by atoms with Gasteiger partial charge in [-0.2, -0.15) is 0 Å². The molecule has 0 saturated carbocycles. The fourth-order valence-corrected chi connectivity index (χ4v) is 1.51. The zero-order valence-corrected chi connectivity index (χ0v) is 10.2. The molecule has 1 amide bonds. The predicted molar refractivity (Wildman–Crippen MR) is 63.8 cm³/mol. The average Bonchev–Trinajstić information content (AvgIpc) is 2.22. The fraction of sp³-hybridized carbons (Fsp3) is 0.300. The fourth-order valence-electron chi connectivity index (χ4n) is 1.05. The van der Waals surface area contributed by atoms with Crippen LogP contribution in [0, 0.1) is 0 Å². The van der Waals surface area contributed by atoms with E-state index < -0.39 is 0 Å². The van der Waals surface area contributed by atoms with Gasteiger partial charge in [-0.1, -0.05) is 23.2 Å². The number of nitrogens with one attached hydrogen (secondary N) is 2. The number of hydrazine groups is 1. The molecular formula is C10H12Cl2N2O2. The van der Waals surface area contributed by atoms with Gasteiger partial charge in [-0.05, 0) is 18.2 Å². The van der Waals surface area contributed by atoms with Crippen molar-refractivity contribution in [2.75, 3.05) is 13.7 Å². The van der Waals surface area contributed by atoms with Gasteiger partial charge in [-0.3, -0.25) is 10.2 Å². The number of hydrogen-bond donors (Lipinski definition) is 2. The van der Waals surface area contributed by atoms with Crippen LogP contribution in [0.1, 0.15) is 6.42 Å². The second kappa shape index (κ2) is 6.58. The van der Waals surface area contributed by atoms with Gasteiger partial charge in [0.1, 0.15) is 5.75 Å². The lowest BCUT2D eigenvalue weighted by Crippen LogP contribution is -2.34. The Balaban J connectivity index is 2.40. The summed E-state index contributed by atoms with van der Waals surface area (Å²) in [7, 11) is 1.62. The minimum absolute atomic E-state index is 0.146. The monoisotopic (exact) mass is 262 g/mol. The zero-order valence-electron chi connectivity index (χ0n) is 8.72. The van der Waals surface area contributed by atoms with Crippen LogP contribution in [0.2, 0.25) is 10.0 Å². The third-order valence-corrected chi connectivity index (χ3v) is 2.28. The van der Waals surface area contributed by atoms with Crippen molar-refractivity contribution in [3.05, 3.63) is 28.2 Å². The van der Waals surface area contributed by atoms with Crippen LogP contribution in [0.4, 0.5) is 0 Å². The highest BCUT2D eigenvalue weighted by molar-refractivity contribution is 6.35. The van der Waals surface area contributed by atoms with Crippen LogP contribution < -0.4 is 15.6 Å². The Labute approximate surface area is 104 Å². The molecule has 0 bridgehead atoms. The molecule has 2 N–H and O–H groups in total. The van der Waals surface area contributed by atoms with Crippen molar-refractivity contribution in [1.29, 1.82) is 0 Å². The number of carbonyl (C=O) groups excluding carboxylic acids is 1. The van der Waals surface area contributed by atoms with Crippen molar-refractivity contribution < 1.29 is 9.53 Å². The van der Waals surface area contributed by atoms with Crippen LogP contribution in [0.5, 0.6) is 5.75 Å². The lowest BCUT2D eigenvalue weighted by Gasteiger charge is -2.08. The molecule has 0 radical (unpaired) electrons. The van der Waals surface area contributed by atoms with E-state index in [2.05, 4.69) is 10.9 Å². The first kappa shape index (κ1) is 13.1. The van der Waals surface area contributed by atoms with Gasteiger partial charge in [-0.25, -0.2) is 5.43 Å². The molecule has 0 aliphatic heterocycles. The standard InChI is InChI=1S/C10H12Cl2N2O2/c1-13-14-10(15)4-5-16-9-3-2-7(11)6-8(9)12/h2-3,6,13H,4-5H2,1H3,(H,14,15). The van der Waals surface area contributed by atoms with Gasteiger partial charge < -0.3 is 4.74 Å². The largest absolute Gasteiger partial charge is 0.491 e. The van der Waals surface area contributed by atoms with E-state index in [1.807, 2.05) is 0 Å². The molecule has 0 atom stereocenters. The predicted octanol–water partition coefficient (Wildman–Crippen LogP) is 2.01. The van der Waals surface area contributed by atoms with Crippen LogP contribution in [0.25, 0.3) is 0 Å². The highest BCUT2D eigenvalue weighted by atomic mass is 35.5. The van der Waals surface area contributed by atoms with E-state index in [-0.39, 0.29) is 18.9 Å². The summed E-state index contributed by atoms with van der Waals surface area (Å²) in [6.07, 6.45) is 0.250. The molecule has 16 heavy (non-hydrogen) atoms. The highest BCUT2D eigenvalue weighted by Crippen LogP contribution is 2.27. The summed E-state index contributed by atoms with van der Waals surface area (Å²) in [5.41, 5.74) is 4.97. The van der Waals surface area contributed by atoms with Crippen molar-refractivity contribution in [3.63, 3.8) is 0 Å². The van der Waals surface area contributed by atoms with Gasteiger partial charge in [0.25, 0.3) is 0 Å². The first-order valence-electron chi connectivity index (χ1n) is 4.67. The van der Waals surface area contributed by atoms with E-state index in [4.69, 9.17) is 27.9 Å². The smallest absolute Gasteiger partial charge is 0.237 e. The molecule has 1 rings (SSSR count). The Morgan fingerprint density at radius 2 is 2.19 bits per heavy atom. The lowest BCUT2D eigenvalue weighted by atomic mass is 10.3. The molecule has 0 aliphatic carbocycles. The highest BCUT2D eigenvalue weighted by Gasteiger charge is 2.04. The molecule has 0 spiro atoms. The van der Waals surface area contributed by atoms with E-state index >= 15 is 0 Å². The number of amides is 1. The summed E-state index contributed by atoms with van der Waals surface area (Å²) in [6.45, 7) is 0.259. The second-order valence-electron chi connectivity index (χ2n) is 2.97. The molecule has 1 aromatic rings. The van der Waals surface area contributed by atoms with Crippen LogP contribution in [0.15, 0.2) is 18.2 Å². The number of hydrogen-bond acceptors (Lipinski definition) is 3. The molecule has 0 heterocycles. The van der Waals surface area contributed by atoms with Crippen LogP contribution in [0.3, 0.4) is 0 Å². The molecular weight excluding hydrogens is 251 g/mol. The number of ether oxygens (including phenoxy) is 1. The summed E-state index contributed by atoms with van der Waals surface area (Å²) in [5, 5.41) is 0.979. The number of carbonyl (C=O) groups is 1.